The van der Waals surface area contributed by atoms with Crippen molar-refractivity contribution in [1.82, 2.24) is 9.96 Å². The van der Waals surface area contributed by atoms with Gasteiger partial charge in [0.25, 0.3) is 0 Å². The predicted octanol–water partition coefficient (Wildman–Crippen LogP) is 3.15. The standard InChI is InChI=1S/C13H15F3N2O/c1-17-8-6-9-4-5-11-10(12(9)17)3-2-7-18(11)19-13(14,15)16/h2,5,7,9H,3-4,6,8H2,1H3. The predicted molar refractivity (Wildman–Crippen MR) is 63.2 cm³/mol. The van der Waals surface area contributed by atoms with Gasteiger partial charge in [-0.1, -0.05) is 12.2 Å². The molecule has 0 bridgehead atoms. The summed E-state index contributed by atoms with van der Waals surface area (Å²) in [4.78, 5) is 6.21. The Labute approximate surface area is 109 Å². The lowest BCUT2D eigenvalue weighted by Gasteiger charge is -2.34. The van der Waals surface area contributed by atoms with E-state index < -0.39 is 6.36 Å². The Morgan fingerprint density at radius 3 is 2.89 bits per heavy atom. The fraction of sp³-hybridized carbons (Fsp3) is 0.538. The Bertz CT molecular complexity index is 479. The zero-order valence-corrected chi connectivity index (χ0v) is 10.6. The van der Waals surface area contributed by atoms with Crippen molar-refractivity contribution in [2.24, 2.45) is 5.92 Å². The van der Waals surface area contributed by atoms with Crippen molar-refractivity contribution >= 4 is 0 Å². The van der Waals surface area contributed by atoms with E-state index in [4.69, 9.17) is 0 Å². The molecule has 0 aromatic rings. The van der Waals surface area contributed by atoms with Gasteiger partial charge in [0.05, 0.1) is 5.70 Å². The molecule has 3 aliphatic rings. The Kier molecular flexibility index (Phi) is 2.85. The van der Waals surface area contributed by atoms with Crippen LogP contribution in [0.25, 0.3) is 0 Å². The Morgan fingerprint density at radius 1 is 1.37 bits per heavy atom. The summed E-state index contributed by atoms with van der Waals surface area (Å²) in [5.74, 6) is 0.447. The summed E-state index contributed by atoms with van der Waals surface area (Å²) in [6.45, 7) is 0.967. The van der Waals surface area contributed by atoms with Crippen molar-refractivity contribution < 1.29 is 18.0 Å². The van der Waals surface area contributed by atoms with Gasteiger partial charge in [0, 0.05) is 37.0 Å². The molecule has 0 amide bonds. The van der Waals surface area contributed by atoms with E-state index in [-0.39, 0.29) is 0 Å². The quantitative estimate of drug-likeness (QED) is 0.729. The van der Waals surface area contributed by atoms with E-state index in [1.807, 2.05) is 13.1 Å². The Balaban J connectivity index is 1.94. The van der Waals surface area contributed by atoms with E-state index in [9.17, 15) is 13.2 Å². The van der Waals surface area contributed by atoms with Crippen LogP contribution in [0.15, 0.2) is 35.3 Å². The van der Waals surface area contributed by atoms with Crippen molar-refractivity contribution in [3.63, 3.8) is 0 Å². The average Bonchev–Trinajstić information content (AvgIpc) is 2.70. The topological polar surface area (TPSA) is 15.7 Å². The molecule has 0 saturated carbocycles. The molecule has 1 fully saturated rings. The number of hydrogen-bond donors (Lipinski definition) is 0. The zero-order valence-electron chi connectivity index (χ0n) is 10.6. The summed E-state index contributed by atoms with van der Waals surface area (Å²) in [5, 5.41) is 0.841. The molecule has 6 heteroatoms. The van der Waals surface area contributed by atoms with Crippen molar-refractivity contribution in [2.75, 3.05) is 13.6 Å². The molecule has 2 heterocycles. The first-order valence-corrected chi connectivity index (χ1v) is 6.32. The lowest BCUT2D eigenvalue weighted by molar-refractivity contribution is -0.394. The van der Waals surface area contributed by atoms with E-state index in [0.29, 0.717) is 18.0 Å². The van der Waals surface area contributed by atoms with Crippen molar-refractivity contribution in [1.29, 1.82) is 0 Å². The van der Waals surface area contributed by atoms with Gasteiger partial charge in [0.15, 0.2) is 0 Å². The van der Waals surface area contributed by atoms with Crippen LogP contribution in [0.5, 0.6) is 0 Å². The molecule has 3 nitrogen and oxygen atoms in total. The number of rotatable bonds is 1. The van der Waals surface area contributed by atoms with E-state index >= 15 is 0 Å². The normalized spacial score (nSPS) is 26.5. The highest BCUT2D eigenvalue weighted by atomic mass is 19.4. The summed E-state index contributed by atoms with van der Waals surface area (Å²) < 4.78 is 37.2. The fourth-order valence-electron chi connectivity index (χ4n) is 3.10. The minimum atomic E-state index is -4.67. The first kappa shape index (κ1) is 12.6. The molecule has 1 aliphatic carbocycles. The van der Waals surface area contributed by atoms with Gasteiger partial charge >= 0.3 is 6.36 Å². The number of hydroxylamine groups is 2. The van der Waals surface area contributed by atoms with Gasteiger partial charge in [-0.15, -0.1) is 13.2 Å². The summed E-state index contributed by atoms with van der Waals surface area (Å²) >= 11 is 0. The van der Waals surface area contributed by atoms with Crippen LogP contribution in [0.3, 0.4) is 0 Å². The molecule has 0 spiro atoms. The highest BCUT2D eigenvalue weighted by Gasteiger charge is 2.38. The molecule has 0 aromatic carbocycles. The van der Waals surface area contributed by atoms with Crippen molar-refractivity contribution in [3.05, 3.63) is 35.3 Å². The molecular weight excluding hydrogens is 257 g/mol. The summed E-state index contributed by atoms with van der Waals surface area (Å²) in [5.41, 5.74) is 2.68. The second-order valence-corrected chi connectivity index (χ2v) is 5.05. The smallest absolute Gasteiger partial charge is 0.377 e. The summed E-state index contributed by atoms with van der Waals surface area (Å²) in [6, 6.07) is 0. The van der Waals surface area contributed by atoms with Gasteiger partial charge < -0.3 is 4.90 Å². The number of likely N-dealkylation sites (tertiary alicyclic amines) is 1. The molecule has 0 radical (unpaired) electrons. The first-order chi connectivity index (χ1) is 8.96. The van der Waals surface area contributed by atoms with Gasteiger partial charge in [-0.2, -0.15) is 4.84 Å². The van der Waals surface area contributed by atoms with Gasteiger partial charge in [-0.25, -0.2) is 5.06 Å². The second kappa shape index (κ2) is 4.30. The van der Waals surface area contributed by atoms with Crippen molar-refractivity contribution in [3.8, 4) is 0 Å². The lowest BCUT2D eigenvalue weighted by Crippen LogP contribution is -2.32. The Hall–Kier alpha value is -1.43. The Morgan fingerprint density at radius 2 is 2.16 bits per heavy atom. The van der Waals surface area contributed by atoms with E-state index in [0.717, 1.165) is 30.0 Å². The highest BCUT2D eigenvalue weighted by Crippen LogP contribution is 2.43. The average molecular weight is 272 g/mol. The third-order valence-electron chi connectivity index (χ3n) is 3.83. The SMILES string of the molecule is CN1CCC2CC=C3C(=C21)CC=CN3OC(F)(F)F. The minimum Gasteiger partial charge on any atom is -0.377 e. The summed E-state index contributed by atoms with van der Waals surface area (Å²) in [6.07, 6.45) is 2.76. The van der Waals surface area contributed by atoms with E-state index in [1.54, 1.807) is 6.08 Å². The molecule has 0 aromatic heterocycles. The van der Waals surface area contributed by atoms with Crippen LogP contribution >= 0.6 is 0 Å². The highest BCUT2D eigenvalue weighted by molar-refractivity contribution is 5.43. The number of hydrogen-bond acceptors (Lipinski definition) is 3. The molecule has 1 unspecified atom stereocenters. The van der Waals surface area contributed by atoms with Gasteiger partial charge in [-0.3, -0.25) is 0 Å². The number of alkyl halides is 3. The molecule has 3 rings (SSSR count). The maximum Gasteiger partial charge on any atom is 0.544 e. The van der Waals surface area contributed by atoms with Crippen LogP contribution in [0.4, 0.5) is 13.2 Å². The molecule has 1 atom stereocenters. The van der Waals surface area contributed by atoms with E-state index in [1.165, 1.54) is 11.9 Å². The zero-order chi connectivity index (χ0) is 13.6. The van der Waals surface area contributed by atoms with Gasteiger partial charge in [0.2, 0.25) is 0 Å². The summed E-state index contributed by atoms with van der Waals surface area (Å²) in [7, 11) is 2.00. The van der Waals surface area contributed by atoms with Crippen LogP contribution < -0.4 is 0 Å². The minimum absolute atomic E-state index is 0.447. The van der Waals surface area contributed by atoms with Crippen LogP contribution in [-0.4, -0.2) is 29.9 Å². The maximum atomic E-state index is 12.4. The number of halogens is 3. The lowest BCUT2D eigenvalue weighted by atomic mass is 9.88. The van der Waals surface area contributed by atoms with E-state index in [2.05, 4.69) is 9.74 Å². The number of nitrogens with zero attached hydrogens (tertiary/aromatic N) is 2. The number of allylic oxidation sites excluding steroid dienone is 4. The maximum absolute atomic E-state index is 12.4. The van der Waals surface area contributed by atoms with Crippen LogP contribution in [-0.2, 0) is 4.84 Å². The first-order valence-electron chi connectivity index (χ1n) is 6.32. The van der Waals surface area contributed by atoms with Crippen LogP contribution in [0, 0.1) is 5.92 Å². The third kappa shape index (κ3) is 2.25. The van der Waals surface area contributed by atoms with Gasteiger partial charge in [-0.05, 0) is 19.3 Å². The van der Waals surface area contributed by atoms with Crippen LogP contribution in [0.2, 0.25) is 0 Å². The van der Waals surface area contributed by atoms with Gasteiger partial charge in [0.1, 0.15) is 0 Å². The van der Waals surface area contributed by atoms with Crippen LogP contribution in [0.1, 0.15) is 19.3 Å². The second-order valence-electron chi connectivity index (χ2n) is 5.05. The molecule has 104 valence electrons. The fourth-order valence-corrected chi connectivity index (χ4v) is 3.10. The third-order valence-corrected chi connectivity index (χ3v) is 3.83. The largest absolute Gasteiger partial charge is 0.544 e. The molecular formula is C13H15F3N2O. The molecule has 19 heavy (non-hydrogen) atoms. The number of fused-ring (bicyclic) bond motifs is 2. The molecule has 2 aliphatic heterocycles. The molecule has 0 N–H and O–H groups in total. The van der Waals surface area contributed by atoms with Crippen molar-refractivity contribution in [2.45, 2.75) is 25.6 Å². The monoisotopic (exact) mass is 272 g/mol. The molecule has 1 saturated heterocycles.